The molecule has 2 aliphatic heterocycles. The maximum Gasteiger partial charge on any atom is 0.270 e. The number of amides is 1. The fourth-order valence-corrected chi connectivity index (χ4v) is 3.44. The Morgan fingerprint density at radius 3 is 2.90 bits per heavy atom. The van der Waals surface area contributed by atoms with Crippen LogP contribution in [0.5, 0.6) is 0 Å². The molecule has 2 saturated heterocycles. The minimum Gasteiger partial charge on any atom is -0.397 e. The lowest BCUT2D eigenvalue weighted by atomic mass is 10.1. The Hall–Kier alpha value is -1.49. The molecule has 5 heteroatoms. The standard InChI is InChI=1S/C15H24N4O/c1-11(2)19-9-12(16)8-14(19)15(20)18-7-6-17-5-3-4-13(17)10-18/h8-9,11,13H,3-7,10,16H2,1-2H3. The maximum atomic E-state index is 12.8. The highest BCUT2D eigenvalue weighted by molar-refractivity contribution is 5.94. The summed E-state index contributed by atoms with van der Waals surface area (Å²) in [5.74, 6) is 0.127. The van der Waals surface area contributed by atoms with Crippen LogP contribution in [0.25, 0.3) is 0 Å². The Balaban J connectivity index is 1.79. The second-order valence-electron chi connectivity index (χ2n) is 6.24. The number of anilines is 1. The van der Waals surface area contributed by atoms with E-state index in [1.54, 1.807) is 0 Å². The highest BCUT2D eigenvalue weighted by Crippen LogP contribution is 2.24. The van der Waals surface area contributed by atoms with Gasteiger partial charge in [0.25, 0.3) is 5.91 Å². The summed E-state index contributed by atoms with van der Waals surface area (Å²) in [6, 6.07) is 2.62. The molecule has 1 unspecified atom stereocenters. The number of hydrogen-bond donors (Lipinski definition) is 1. The van der Waals surface area contributed by atoms with Gasteiger partial charge in [0, 0.05) is 37.9 Å². The van der Waals surface area contributed by atoms with Crippen molar-refractivity contribution in [2.45, 2.75) is 38.8 Å². The molecule has 2 N–H and O–H groups in total. The summed E-state index contributed by atoms with van der Waals surface area (Å²) >= 11 is 0. The zero-order valence-corrected chi connectivity index (χ0v) is 12.4. The van der Waals surface area contributed by atoms with Crippen molar-refractivity contribution in [2.75, 3.05) is 31.9 Å². The fraction of sp³-hybridized carbons (Fsp3) is 0.667. The van der Waals surface area contributed by atoms with Gasteiger partial charge in [-0.1, -0.05) is 0 Å². The molecular formula is C15H24N4O. The molecule has 2 aliphatic rings. The van der Waals surface area contributed by atoms with E-state index in [-0.39, 0.29) is 11.9 Å². The van der Waals surface area contributed by atoms with Crippen LogP contribution in [0.15, 0.2) is 12.3 Å². The van der Waals surface area contributed by atoms with Gasteiger partial charge in [-0.2, -0.15) is 0 Å². The van der Waals surface area contributed by atoms with Crippen LogP contribution < -0.4 is 5.73 Å². The third-order valence-electron chi connectivity index (χ3n) is 4.52. The van der Waals surface area contributed by atoms with Crippen molar-refractivity contribution >= 4 is 11.6 Å². The maximum absolute atomic E-state index is 12.8. The zero-order chi connectivity index (χ0) is 14.3. The number of piperazine rings is 1. The Kier molecular flexibility index (Phi) is 3.46. The minimum absolute atomic E-state index is 0.127. The lowest BCUT2D eigenvalue weighted by molar-refractivity contribution is 0.0559. The van der Waals surface area contributed by atoms with E-state index in [9.17, 15) is 4.79 Å². The topological polar surface area (TPSA) is 54.5 Å². The van der Waals surface area contributed by atoms with Gasteiger partial charge in [0.1, 0.15) is 5.69 Å². The summed E-state index contributed by atoms with van der Waals surface area (Å²) < 4.78 is 1.98. The molecule has 2 fully saturated rings. The van der Waals surface area contributed by atoms with Crippen molar-refractivity contribution in [3.8, 4) is 0 Å². The first-order chi connectivity index (χ1) is 9.56. The van der Waals surface area contributed by atoms with E-state index < -0.39 is 0 Å². The van der Waals surface area contributed by atoms with Crippen molar-refractivity contribution < 1.29 is 4.79 Å². The highest BCUT2D eigenvalue weighted by Gasteiger charge is 2.33. The second-order valence-corrected chi connectivity index (χ2v) is 6.24. The van der Waals surface area contributed by atoms with Crippen LogP contribution in [0.3, 0.4) is 0 Å². The zero-order valence-electron chi connectivity index (χ0n) is 12.4. The first kappa shape index (κ1) is 13.5. The van der Waals surface area contributed by atoms with Crippen LogP contribution in [0.1, 0.15) is 43.2 Å². The van der Waals surface area contributed by atoms with Crippen LogP contribution in [-0.2, 0) is 0 Å². The van der Waals surface area contributed by atoms with E-state index in [2.05, 4.69) is 18.7 Å². The van der Waals surface area contributed by atoms with Crippen LogP contribution in [-0.4, -0.2) is 52.5 Å². The lowest BCUT2D eigenvalue weighted by Gasteiger charge is -2.37. The molecule has 0 aromatic carbocycles. The van der Waals surface area contributed by atoms with Gasteiger partial charge < -0.3 is 15.2 Å². The fourth-order valence-electron chi connectivity index (χ4n) is 3.44. The molecule has 110 valence electrons. The molecule has 1 aromatic rings. The lowest BCUT2D eigenvalue weighted by Crippen LogP contribution is -2.52. The predicted octanol–water partition coefficient (Wildman–Crippen LogP) is 1.57. The van der Waals surface area contributed by atoms with Gasteiger partial charge in [-0.05, 0) is 39.3 Å². The van der Waals surface area contributed by atoms with Crippen LogP contribution in [0, 0.1) is 0 Å². The molecule has 3 rings (SSSR count). The quantitative estimate of drug-likeness (QED) is 0.892. The SMILES string of the molecule is CC(C)n1cc(N)cc1C(=O)N1CCN2CCCC2C1. The third kappa shape index (κ3) is 2.30. The van der Waals surface area contributed by atoms with Gasteiger partial charge in [-0.25, -0.2) is 0 Å². The van der Waals surface area contributed by atoms with Crippen molar-refractivity contribution in [3.05, 3.63) is 18.0 Å². The van der Waals surface area contributed by atoms with Gasteiger partial charge in [0.2, 0.25) is 0 Å². The molecule has 0 saturated carbocycles. The molecule has 5 nitrogen and oxygen atoms in total. The number of nitrogens with two attached hydrogens (primary N) is 1. The van der Waals surface area contributed by atoms with Crippen LogP contribution >= 0.6 is 0 Å². The van der Waals surface area contributed by atoms with Gasteiger partial charge in [0.15, 0.2) is 0 Å². The Morgan fingerprint density at radius 1 is 1.35 bits per heavy atom. The molecule has 0 aliphatic carbocycles. The summed E-state index contributed by atoms with van der Waals surface area (Å²) in [5.41, 5.74) is 7.26. The number of nitrogen functional groups attached to an aromatic ring is 1. The number of carbonyl (C=O) groups excluding carboxylic acids is 1. The van der Waals surface area contributed by atoms with Gasteiger partial charge >= 0.3 is 0 Å². The molecule has 0 spiro atoms. The van der Waals surface area contributed by atoms with E-state index in [1.807, 2.05) is 21.7 Å². The highest BCUT2D eigenvalue weighted by atomic mass is 16.2. The smallest absolute Gasteiger partial charge is 0.270 e. The van der Waals surface area contributed by atoms with Gasteiger partial charge in [-0.15, -0.1) is 0 Å². The molecule has 1 aromatic heterocycles. The number of aromatic nitrogens is 1. The Bertz CT molecular complexity index is 508. The molecular weight excluding hydrogens is 252 g/mol. The Morgan fingerprint density at radius 2 is 2.15 bits per heavy atom. The molecule has 1 amide bonds. The van der Waals surface area contributed by atoms with Crippen molar-refractivity contribution in [1.29, 1.82) is 0 Å². The number of fused-ring (bicyclic) bond motifs is 1. The summed E-state index contributed by atoms with van der Waals surface area (Å²) in [6.45, 7) is 8.05. The first-order valence-corrected chi connectivity index (χ1v) is 7.57. The second kappa shape index (κ2) is 5.13. The Labute approximate surface area is 120 Å². The van der Waals surface area contributed by atoms with Gasteiger partial charge in [0.05, 0.1) is 5.69 Å². The van der Waals surface area contributed by atoms with Crippen molar-refractivity contribution in [2.24, 2.45) is 0 Å². The summed E-state index contributed by atoms with van der Waals surface area (Å²) in [6.07, 6.45) is 4.35. The van der Waals surface area contributed by atoms with E-state index in [4.69, 9.17) is 5.73 Å². The summed E-state index contributed by atoms with van der Waals surface area (Å²) in [5, 5.41) is 0. The monoisotopic (exact) mass is 276 g/mol. The molecule has 0 bridgehead atoms. The summed E-state index contributed by atoms with van der Waals surface area (Å²) in [4.78, 5) is 17.3. The normalized spacial score (nSPS) is 23.4. The molecule has 3 heterocycles. The first-order valence-electron chi connectivity index (χ1n) is 7.57. The molecule has 20 heavy (non-hydrogen) atoms. The molecule has 1 atom stereocenters. The number of carbonyl (C=O) groups is 1. The third-order valence-corrected chi connectivity index (χ3v) is 4.52. The van der Waals surface area contributed by atoms with Crippen LogP contribution in [0.4, 0.5) is 5.69 Å². The molecule has 0 radical (unpaired) electrons. The predicted molar refractivity (Wildman–Crippen MR) is 79.7 cm³/mol. The van der Waals surface area contributed by atoms with Crippen molar-refractivity contribution in [1.82, 2.24) is 14.4 Å². The van der Waals surface area contributed by atoms with Gasteiger partial charge in [-0.3, -0.25) is 9.69 Å². The number of rotatable bonds is 2. The van der Waals surface area contributed by atoms with E-state index in [0.29, 0.717) is 11.7 Å². The minimum atomic E-state index is 0.127. The van der Waals surface area contributed by atoms with Crippen LogP contribution in [0.2, 0.25) is 0 Å². The van der Waals surface area contributed by atoms with E-state index in [1.165, 1.54) is 19.4 Å². The largest absolute Gasteiger partial charge is 0.397 e. The average molecular weight is 276 g/mol. The number of nitrogens with zero attached hydrogens (tertiary/aromatic N) is 3. The summed E-state index contributed by atoms with van der Waals surface area (Å²) in [7, 11) is 0. The van der Waals surface area contributed by atoms with Crippen molar-refractivity contribution in [3.63, 3.8) is 0 Å². The number of hydrogen-bond acceptors (Lipinski definition) is 3. The average Bonchev–Trinajstić information content (AvgIpc) is 3.02. The van der Waals surface area contributed by atoms with E-state index in [0.717, 1.165) is 25.3 Å². The van der Waals surface area contributed by atoms with E-state index >= 15 is 0 Å².